The van der Waals surface area contributed by atoms with Gasteiger partial charge in [-0.2, -0.15) is 26.3 Å². The van der Waals surface area contributed by atoms with Crippen LogP contribution in [0.4, 0.5) is 39.5 Å². The Morgan fingerprint density at radius 1 is 0.800 bits per heavy atom. The number of halogens is 9. The molecule has 4 nitrogen and oxygen atoms in total. The number of hydrogen-bond acceptors (Lipinski definition) is 3. The fraction of sp³-hybridized carbons (Fsp3) is 0.182. The normalized spacial score (nSPS) is 13.3. The number of nitrogens with zero attached hydrogens (tertiary/aromatic N) is 1. The van der Waals surface area contributed by atoms with Gasteiger partial charge >= 0.3 is 18.7 Å². The van der Waals surface area contributed by atoms with Gasteiger partial charge < -0.3 is 10.1 Å². The number of nitrogens with one attached hydrogen (secondary N) is 1. The van der Waals surface area contributed by atoms with Crippen molar-refractivity contribution in [2.75, 3.05) is 0 Å². The van der Waals surface area contributed by atoms with Crippen LogP contribution in [0, 0.1) is 0 Å². The van der Waals surface area contributed by atoms with Crippen LogP contribution in [-0.4, -0.2) is 17.3 Å². The van der Waals surface area contributed by atoms with Crippen molar-refractivity contribution >= 4 is 5.91 Å². The Hall–Kier alpha value is -3.77. The van der Waals surface area contributed by atoms with E-state index in [0.29, 0.717) is 18.2 Å². The quantitative estimate of drug-likeness (QED) is 0.399. The smallest absolute Gasteiger partial charge is 0.406 e. The van der Waals surface area contributed by atoms with E-state index in [1.54, 1.807) is 0 Å². The van der Waals surface area contributed by atoms with Crippen LogP contribution < -0.4 is 10.1 Å². The number of ether oxygens (including phenoxy) is 1. The number of hydrogen-bond donors (Lipinski definition) is 1. The van der Waals surface area contributed by atoms with Crippen molar-refractivity contribution in [1.29, 1.82) is 0 Å². The number of carbonyl (C=O) groups is 1. The summed E-state index contributed by atoms with van der Waals surface area (Å²) in [6.45, 7) is 0. The lowest BCUT2D eigenvalue weighted by Gasteiger charge is -2.23. The molecule has 186 valence electrons. The Kier molecular flexibility index (Phi) is 6.99. The van der Waals surface area contributed by atoms with E-state index in [1.807, 2.05) is 0 Å². The molecule has 13 heteroatoms. The predicted octanol–water partition coefficient (Wildman–Crippen LogP) is 6.54. The Morgan fingerprint density at radius 2 is 1.40 bits per heavy atom. The SMILES string of the molecule is O=C(N[C@@H](c1ccc(C(F)(F)F)cc1)c1ncccc1C(F)(F)F)c1ccc(OC(F)(F)F)cc1. The minimum atomic E-state index is -4.98. The van der Waals surface area contributed by atoms with Gasteiger partial charge in [-0.1, -0.05) is 12.1 Å². The Labute approximate surface area is 191 Å². The van der Waals surface area contributed by atoms with E-state index in [9.17, 15) is 44.3 Å². The van der Waals surface area contributed by atoms with E-state index in [-0.39, 0.29) is 11.1 Å². The van der Waals surface area contributed by atoms with E-state index in [2.05, 4.69) is 15.0 Å². The maximum absolute atomic E-state index is 13.6. The Balaban J connectivity index is 1.99. The van der Waals surface area contributed by atoms with Crippen molar-refractivity contribution in [3.8, 4) is 5.75 Å². The zero-order chi connectivity index (χ0) is 26.0. The van der Waals surface area contributed by atoms with Crippen LogP contribution in [-0.2, 0) is 12.4 Å². The van der Waals surface area contributed by atoms with Gasteiger partial charge in [-0.15, -0.1) is 13.2 Å². The third-order valence-corrected chi connectivity index (χ3v) is 4.61. The maximum atomic E-state index is 13.6. The molecule has 1 atom stereocenters. The van der Waals surface area contributed by atoms with E-state index >= 15 is 0 Å². The molecule has 0 aliphatic heterocycles. The summed E-state index contributed by atoms with van der Waals surface area (Å²) in [5.41, 5.74) is -3.39. The molecule has 1 aromatic heterocycles. The van der Waals surface area contributed by atoms with Gasteiger partial charge in [0.05, 0.1) is 22.9 Å². The van der Waals surface area contributed by atoms with Crippen LogP contribution >= 0.6 is 0 Å². The van der Waals surface area contributed by atoms with Crippen molar-refractivity contribution in [2.45, 2.75) is 24.8 Å². The minimum Gasteiger partial charge on any atom is -0.406 e. The second-order valence-corrected chi connectivity index (χ2v) is 7.03. The highest BCUT2D eigenvalue weighted by atomic mass is 19.4. The van der Waals surface area contributed by atoms with Gasteiger partial charge in [-0.25, -0.2) is 0 Å². The average Bonchev–Trinajstić information content (AvgIpc) is 2.76. The Morgan fingerprint density at radius 3 is 1.91 bits per heavy atom. The van der Waals surface area contributed by atoms with Crippen molar-refractivity contribution < 1.29 is 49.0 Å². The molecule has 2 aromatic carbocycles. The fourth-order valence-electron chi connectivity index (χ4n) is 3.08. The molecule has 0 bridgehead atoms. The van der Waals surface area contributed by atoms with Crippen LogP contribution in [0.5, 0.6) is 5.75 Å². The summed E-state index contributed by atoms with van der Waals surface area (Å²) in [5, 5.41) is 2.26. The van der Waals surface area contributed by atoms with Crippen LogP contribution in [0.25, 0.3) is 0 Å². The highest BCUT2D eigenvalue weighted by Gasteiger charge is 2.37. The van der Waals surface area contributed by atoms with Gasteiger partial charge in [0.15, 0.2) is 0 Å². The van der Waals surface area contributed by atoms with E-state index in [4.69, 9.17) is 0 Å². The van der Waals surface area contributed by atoms with Gasteiger partial charge in [-0.05, 0) is 54.1 Å². The summed E-state index contributed by atoms with van der Waals surface area (Å²) >= 11 is 0. The third-order valence-electron chi connectivity index (χ3n) is 4.61. The second-order valence-electron chi connectivity index (χ2n) is 7.03. The van der Waals surface area contributed by atoms with Gasteiger partial charge in [0.25, 0.3) is 5.91 Å². The number of amides is 1. The zero-order valence-electron chi connectivity index (χ0n) is 17.1. The first-order valence-corrected chi connectivity index (χ1v) is 9.51. The van der Waals surface area contributed by atoms with Crippen LogP contribution in [0.2, 0.25) is 0 Å². The average molecular weight is 508 g/mol. The summed E-state index contributed by atoms with van der Waals surface area (Å²) in [4.78, 5) is 16.4. The van der Waals surface area contributed by atoms with Crippen molar-refractivity contribution in [1.82, 2.24) is 10.3 Å². The molecular formula is C22H13F9N2O2. The Bertz CT molecular complexity index is 1170. The number of pyridine rings is 1. The monoisotopic (exact) mass is 508 g/mol. The van der Waals surface area contributed by atoms with Gasteiger partial charge in [0, 0.05) is 11.8 Å². The molecule has 0 aliphatic rings. The molecule has 3 rings (SSSR count). The minimum absolute atomic E-state index is 0.146. The molecule has 0 saturated heterocycles. The van der Waals surface area contributed by atoms with Crippen molar-refractivity contribution in [3.63, 3.8) is 0 Å². The first-order chi connectivity index (χ1) is 16.1. The van der Waals surface area contributed by atoms with Crippen LogP contribution in [0.1, 0.15) is 38.8 Å². The molecule has 0 unspecified atom stereocenters. The highest BCUT2D eigenvalue weighted by molar-refractivity contribution is 5.94. The molecule has 0 radical (unpaired) electrons. The largest absolute Gasteiger partial charge is 0.573 e. The molecule has 1 amide bonds. The number of rotatable bonds is 5. The van der Waals surface area contributed by atoms with Crippen LogP contribution in [0.15, 0.2) is 66.9 Å². The molecule has 35 heavy (non-hydrogen) atoms. The van der Waals surface area contributed by atoms with E-state index in [0.717, 1.165) is 48.7 Å². The van der Waals surface area contributed by atoms with Crippen molar-refractivity contribution in [3.05, 3.63) is 94.8 Å². The molecule has 1 N–H and O–H groups in total. The lowest BCUT2D eigenvalue weighted by molar-refractivity contribution is -0.274. The molecule has 0 fully saturated rings. The number of aromatic nitrogens is 1. The number of benzene rings is 2. The fourth-order valence-corrected chi connectivity index (χ4v) is 3.08. The highest BCUT2D eigenvalue weighted by Crippen LogP contribution is 2.36. The summed E-state index contributed by atoms with van der Waals surface area (Å²) in [5.74, 6) is -1.66. The maximum Gasteiger partial charge on any atom is 0.573 e. The zero-order valence-corrected chi connectivity index (χ0v) is 17.1. The topological polar surface area (TPSA) is 51.2 Å². The second kappa shape index (κ2) is 9.47. The molecule has 1 heterocycles. The van der Waals surface area contributed by atoms with Gasteiger partial charge in [-0.3, -0.25) is 9.78 Å². The first kappa shape index (κ1) is 25.8. The lowest BCUT2D eigenvalue weighted by Crippen LogP contribution is -2.31. The summed E-state index contributed by atoms with van der Waals surface area (Å²) in [6, 6.07) is 6.59. The molecule has 0 spiro atoms. The van der Waals surface area contributed by atoms with Gasteiger partial charge in [0.2, 0.25) is 0 Å². The lowest BCUT2D eigenvalue weighted by atomic mass is 9.97. The number of alkyl halides is 9. The molecule has 3 aromatic rings. The van der Waals surface area contributed by atoms with Gasteiger partial charge in [0.1, 0.15) is 5.75 Å². The van der Waals surface area contributed by atoms with Crippen molar-refractivity contribution in [2.24, 2.45) is 0 Å². The summed E-state index contributed by atoms with van der Waals surface area (Å²) in [6.07, 6.45) is -13.6. The number of carbonyl (C=O) groups excluding carboxylic acids is 1. The van der Waals surface area contributed by atoms with E-state index < -0.39 is 53.2 Å². The predicted molar refractivity (Wildman–Crippen MR) is 103 cm³/mol. The van der Waals surface area contributed by atoms with E-state index in [1.165, 1.54) is 0 Å². The molecule has 0 saturated carbocycles. The standard InChI is InChI=1S/C22H13F9N2O2/c23-20(24,25)14-7-3-12(4-8-14)17(18-16(21(26,27)28)2-1-11-32-18)33-19(34)13-5-9-15(10-6-13)35-22(29,30)31/h1-11,17H,(H,33,34)/t17-/m0/s1. The molecule has 0 aliphatic carbocycles. The summed E-state index contributed by atoms with van der Waals surface area (Å²) < 4.78 is 120. The van der Waals surface area contributed by atoms with Crippen LogP contribution in [0.3, 0.4) is 0 Å². The third kappa shape index (κ3) is 6.64. The first-order valence-electron chi connectivity index (χ1n) is 9.51. The summed E-state index contributed by atoms with van der Waals surface area (Å²) in [7, 11) is 0. The molecular weight excluding hydrogens is 495 g/mol.